The number of Topliss-reactive ketones (excluding diaryl/α,β-unsaturated/α-hetero) is 1. The van der Waals surface area contributed by atoms with Crippen LogP contribution in [-0.4, -0.2) is 60.2 Å². The molecule has 3 saturated carbocycles. The summed E-state index contributed by atoms with van der Waals surface area (Å²) in [5, 5.41) is 0. The van der Waals surface area contributed by atoms with Gasteiger partial charge < -0.3 is 28.1 Å². The molecule has 0 amide bonds. The van der Waals surface area contributed by atoms with Crippen LogP contribution >= 0.6 is 0 Å². The molecule has 0 radical (unpaired) electrons. The zero-order valence-corrected chi connectivity index (χ0v) is 26.6. The molecule has 2 saturated heterocycles. The molecule has 0 unspecified atom stereocenters. The Kier molecular flexibility index (Phi) is 6.75. The minimum Gasteiger partial charge on any atom is -0.472 e. The van der Waals surface area contributed by atoms with Crippen LogP contribution in [0.1, 0.15) is 85.8 Å². The fourth-order valence-electron chi connectivity index (χ4n) is 9.99. The van der Waals surface area contributed by atoms with Gasteiger partial charge in [0.15, 0.2) is 0 Å². The molecular formula is C33H42O11. The van der Waals surface area contributed by atoms with E-state index in [0.29, 0.717) is 18.4 Å². The second-order valence-corrected chi connectivity index (χ2v) is 14.7. The number of esters is 4. The molecule has 2 aliphatic heterocycles. The van der Waals surface area contributed by atoms with Crippen molar-refractivity contribution in [2.75, 3.05) is 7.11 Å². The van der Waals surface area contributed by atoms with Gasteiger partial charge in [0, 0.05) is 41.1 Å². The second kappa shape index (κ2) is 9.64. The lowest BCUT2D eigenvalue weighted by atomic mass is 9.36. The molecule has 2 spiro atoms. The number of hydrogen-bond donors (Lipinski definition) is 0. The van der Waals surface area contributed by atoms with Gasteiger partial charge in [0.05, 0.1) is 37.9 Å². The van der Waals surface area contributed by atoms with Gasteiger partial charge in [-0.15, -0.1) is 0 Å². The third kappa shape index (κ3) is 3.67. The van der Waals surface area contributed by atoms with Gasteiger partial charge >= 0.3 is 23.9 Å². The molecule has 5 fully saturated rings. The molecular weight excluding hydrogens is 572 g/mol. The highest BCUT2D eigenvalue weighted by Crippen LogP contribution is 2.81. The molecule has 2 bridgehead atoms. The zero-order chi connectivity index (χ0) is 32.2. The quantitative estimate of drug-likeness (QED) is 0.259. The average Bonchev–Trinajstić information content (AvgIpc) is 3.31. The van der Waals surface area contributed by atoms with E-state index in [1.165, 1.54) is 20.3 Å². The van der Waals surface area contributed by atoms with Crippen molar-refractivity contribution in [2.24, 2.45) is 39.9 Å². The van der Waals surface area contributed by atoms with Crippen molar-refractivity contribution in [1.29, 1.82) is 0 Å². The summed E-state index contributed by atoms with van der Waals surface area (Å²) < 4.78 is 35.7. The Bertz CT molecular complexity index is 1410. The number of ketones is 1. The van der Waals surface area contributed by atoms with E-state index in [2.05, 4.69) is 0 Å². The van der Waals surface area contributed by atoms with Crippen LogP contribution in [0, 0.1) is 39.9 Å². The minimum atomic E-state index is -1.28. The normalized spacial score (nSPS) is 43.1. The summed E-state index contributed by atoms with van der Waals surface area (Å²) in [5.41, 5.74) is -4.63. The third-order valence-corrected chi connectivity index (χ3v) is 12.0. The van der Waals surface area contributed by atoms with Crippen LogP contribution in [0.15, 0.2) is 23.0 Å². The molecule has 3 aliphatic carbocycles. The van der Waals surface area contributed by atoms with Crippen LogP contribution in [0.3, 0.4) is 0 Å². The number of fused-ring (bicyclic) bond motifs is 3. The van der Waals surface area contributed by atoms with E-state index in [9.17, 15) is 24.0 Å². The topological polar surface area (TPSA) is 148 Å². The van der Waals surface area contributed by atoms with Gasteiger partial charge in [0.1, 0.15) is 35.3 Å². The lowest BCUT2D eigenvalue weighted by Crippen LogP contribution is -2.77. The van der Waals surface area contributed by atoms with Crippen molar-refractivity contribution >= 4 is 29.7 Å². The standard InChI is InChI=1S/C33H42O11/c1-16(2)28(38)43-26-23-24(37)31(7,20(29(26,4)5)13-21(35)39-8)19-9-11-30(6)25(18-10-12-40-15-18)42-22(36)14-32(30)33(19,44-32)27(23)41-17(3)34/h10,12,15-16,19-20,23,25-27H,9,11,13-14H2,1-8H3/t19-,20+,23-,25+,26-,27-,30+,31-,32+,33+/m1/s1. The van der Waals surface area contributed by atoms with E-state index in [0.717, 1.165) is 0 Å². The Hall–Kier alpha value is -3.21. The lowest BCUT2D eigenvalue weighted by molar-refractivity contribution is -0.241. The number of methoxy groups -OCH3 is 1. The summed E-state index contributed by atoms with van der Waals surface area (Å²) in [4.78, 5) is 67.3. The fourth-order valence-corrected chi connectivity index (χ4v) is 9.99. The monoisotopic (exact) mass is 614 g/mol. The summed E-state index contributed by atoms with van der Waals surface area (Å²) in [6.45, 7) is 12.3. The van der Waals surface area contributed by atoms with Gasteiger partial charge in [0.25, 0.3) is 0 Å². The van der Waals surface area contributed by atoms with Crippen molar-refractivity contribution in [1.82, 2.24) is 0 Å². The molecule has 0 aromatic carbocycles. The fraction of sp³-hybridized carbons (Fsp3) is 0.727. The Balaban J connectivity index is 1.58. The Morgan fingerprint density at radius 2 is 1.77 bits per heavy atom. The molecule has 44 heavy (non-hydrogen) atoms. The second-order valence-electron chi connectivity index (χ2n) is 14.7. The molecule has 240 valence electrons. The summed E-state index contributed by atoms with van der Waals surface area (Å²) in [5.74, 6) is -5.09. The first-order chi connectivity index (χ1) is 20.5. The highest BCUT2D eigenvalue weighted by Gasteiger charge is 2.93. The number of hydrogen-bond acceptors (Lipinski definition) is 11. The summed E-state index contributed by atoms with van der Waals surface area (Å²) >= 11 is 0. The van der Waals surface area contributed by atoms with Crippen molar-refractivity contribution in [3.05, 3.63) is 24.2 Å². The number of cyclic esters (lactones) is 1. The summed E-state index contributed by atoms with van der Waals surface area (Å²) in [7, 11) is 1.30. The van der Waals surface area contributed by atoms with E-state index < -0.39 is 93.3 Å². The van der Waals surface area contributed by atoms with E-state index in [1.807, 2.05) is 27.7 Å². The maximum atomic E-state index is 14.9. The van der Waals surface area contributed by atoms with Crippen LogP contribution < -0.4 is 0 Å². The summed E-state index contributed by atoms with van der Waals surface area (Å²) in [6.07, 6.45) is 0.954. The van der Waals surface area contributed by atoms with Crippen LogP contribution in [0.5, 0.6) is 0 Å². The number of rotatable bonds is 6. The Morgan fingerprint density at radius 3 is 2.36 bits per heavy atom. The van der Waals surface area contributed by atoms with Gasteiger partial charge in [-0.2, -0.15) is 0 Å². The van der Waals surface area contributed by atoms with Gasteiger partial charge in [-0.05, 0) is 24.8 Å². The van der Waals surface area contributed by atoms with Gasteiger partial charge in [-0.3, -0.25) is 24.0 Å². The van der Waals surface area contributed by atoms with E-state index in [1.54, 1.807) is 26.2 Å². The summed E-state index contributed by atoms with van der Waals surface area (Å²) in [6, 6.07) is 1.75. The highest BCUT2D eigenvalue weighted by molar-refractivity contribution is 5.93. The minimum absolute atomic E-state index is 0.0943. The molecule has 11 nitrogen and oxygen atoms in total. The lowest BCUT2D eigenvalue weighted by Gasteiger charge is -2.66. The average molecular weight is 615 g/mol. The maximum Gasteiger partial charge on any atom is 0.309 e. The van der Waals surface area contributed by atoms with Gasteiger partial charge in [-0.1, -0.05) is 41.5 Å². The van der Waals surface area contributed by atoms with Crippen LogP contribution in [0.2, 0.25) is 0 Å². The van der Waals surface area contributed by atoms with Crippen molar-refractivity contribution in [2.45, 2.75) is 104 Å². The number of carbonyl (C=O) groups excluding carboxylic acids is 5. The molecule has 11 heteroatoms. The van der Waals surface area contributed by atoms with Crippen molar-refractivity contribution < 1.29 is 52.1 Å². The molecule has 5 aliphatic rings. The Labute approximate surface area is 256 Å². The molecule has 6 rings (SSSR count). The smallest absolute Gasteiger partial charge is 0.309 e. The van der Waals surface area contributed by atoms with Crippen molar-refractivity contribution in [3.8, 4) is 0 Å². The van der Waals surface area contributed by atoms with Crippen LogP contribution in [0.25, 0.3) is 0 Å². The molecule has 10 atom stereocenters. The first-order valence-corrected chi connectivity index (χ1v) is 15.4. The maximum absolute atomic E-state index is 14.9. The largest absolute Gasteiger partial charge is 0.472 e. The Morgan fingerprint density at radius 1 is 1.07 bits per heavy atom. The molecule has 0 N–H and O–H groups in total. The first-order valence-electron chi connectivity index (χ1n) is 15.4. The number of ether oxygens (including phenoxy) is 5. The SMILES string of the molecule is COC(=O)C[C@H]1C(C)(C)[C@H](OC(=O)C(C)C)[C@H]2C(=O)[C@]1(C)[C@H]1CC[C@@]3(C)[C@H](c4ccoc4)OC(=O)C[C@]34O[C@]14[C@@H]2OC(C)=O. The van der Waals surface area contributed by atoms with Gasteiger partial charge in [0.2, 0.25) is 0 Å². The third-order valence-electron chi connectivity index (χ3n) is 12.0. The van der Waals surface area contributed by atoms with Crippen LogP contribution in [0.4, 0.5) is 0 Å². The van der Waals surface area contributed by atoms with Crippen LogP contribution in [-0.2, 0) is 47.7 Å². The number of furan rings is 1. The first kappa shape index (κ1) is 30.8. The predicted molar refractivity (Wildman–Crippen MR) is 150 cm³/mol. The zero-order valence-electron chi connectivity index (χ0n) is 26.6. The van der Waals surface area contributed by atoms with E-state index >= 15 is 0 Å². The van der Waals surface area contributed by atoms with Crippen molar-refractivity contribution in [3.63, 3.8) is 0 Å². The highest BCUT2D eigenvalue weighted by atomic mass is 16.7. The van der Waals surface area contributed by atoms with E-state index in [-0.39, 0.29) is 18.6 Å². The molecule has 1 aromatic heterocycles. The molecule has 3 heterocycles. The number of carbonyl (C=O) groups is 5. The van der Waals surface area contributed by atoms with E-state index in [4.69, 9.17) is 28.1 Å². The number of epoxide rings is 1. The predicted octanol–water partition coefficient (Wildman–Crippen LogP) is 4.12. The van der Waals surface area contributed by atoms with Gasteiger partial charge in [-0.25, -0.2) is 0 Å². The molecule has 1 aromatic rings.